The van der Waals surface area contributed by atoms with Gasteiger partial charge in [-0.2, -0.15) is 0 Å². The molecule has 2 N–H and O–H groups in total. The van der Waals surface area contributed by atoms with E-state index in [0.717, 1.165) is 0 Å². The zero-order chi connectivity index (χ0) is 13.9. The average molecular weight is 288 g/mol. The Morgan fingerprint density at radius 1 is 1.53 bits per heavy atom. The van der Waals surface area contributed by atoms with Gasteiger partial charge in [0, 0.05) is 37.3 Å². The fourth-order valence-electron chi connectivity index (χ4n) is 1.50. The van der Waals surface area contributed by atoms with Crippen LogP contribution in [0.5, 0.6) is 0 Å². The second-order valence-corrected chi connectivity index (χ2v) is 4.26. The zero-order valence-electron chi connectivity index (χ0n) is 11.1. The number of nitrogens with two attached hydrogens (primary N) is 1. The molecule has 6 nitrogen and oxygen atoms in total. The summed E-state index contributed by atoms with van der Waals surface area (Å²) in [5, 5.41) is 10.7. The van der Waals surface area contributed by atoms with Gasteiger partial charge >= 0.3 is 0 Å². The van der Waals surface area contributed by atoms with Gasteiger partial charge in [0.15, 0.2) is 0 Å². The van der Waals surface area contributed by atoms with E-state index in [0.29, 0.717) is 17.7 Å². The summed E-state index contributed by atoms with van der Waals surface area (Å²) >= 11 is 0. The summed E-state index contributed by atoms with van der Waals surface area (Å²) in [6.07, 6.45) is 0. The number of nitro benzene ring substituents is 1. The van der Waals surface area contributed by atoms with E-state index >= 15 is 0 Å². The molecule has 0 fully saturated rings. The maximum absolute atomic E-state index is 12.2. The summed E-state index contributed by atoms with van der Waals surface area (Å²) < 4.78 is 0. The van der Waals surface area contributed by atoms with Gasteiger partial charge in [-0.3, -0.25) is 14.9 Å². The Kier molecular flexibility index (Phi) is 6.44. The first-order chi connectivity index (χ1) is 8.38. The van der Waals surface area contributed by atoms with Crippen molar-refractivity contribution >= 4 is 24.0 Å². The van der Waals surface area contributed by atoms with Crippen molar-refractivity contribution in [3.8, 4) is 0 Å². The minimum Gasteiger partial charge on any atom is -0.338 e. The first-order valence-electron chi connectivity index (χ1n) is 5.60. The molecule has 1 aromatic rings. The number of carbonyl (C=O) groups is 1. The van der Waals surface area contributed by atoms with Crippen LogP contribution < -0.4 is 5.73 Å². The normalized spacial score (nSPS) is 11.4. The van der Waals surface area contributed by atoms with Crippen molar-refractivity contribution < 1.29 is 9.72 Å². The van der Waals surface area contributed by atoms with E-state index in [4.69, 9.17) is 5.73 Å². The van der Waals surface area contributed by atoms with E-state index in [1.807, 2.05) is 6.92 Å². The third kappa shape index (κ3) is 3.90. The van der Waals surface area contributed by atoms with Gasteiger partial charge in [0.1, 0.15) is 0 Å². The number of nitro groups is 1. The van der Waals surface area contributed by atoms with Gasteiger partial charge in [-0.1, -0.05) is 6.07 Å². The molecule has 0 spiro atoms. The third-order valence-corrected chi connectivity index (χ3v) is 2.98. The van der Waals surface area contributed by atoms with Gasteiger partial charge in [0.2, 0.25) is 0 Å². The van der Waals surface area contributed by atoms with Gasteiger partial charge in [0.25, 0.3) is 11.6 Å². The van der Waals surface area contributed by atoms with Crippen LogP contribution in [0.15, 0.2) is 18.2 Å². The monoisotopic (exact) mass is 287 g/mol. The Bertz CT molecular complexity index is 479. The number of halogens is 1. The highest BCUT2D eigenvalue weighted by Crippen LogP contribution is 2.19. The number of benzene rings is 1. The van der Waals surface area contributed by atoms with Crippen LogP contribution in [0.1, 0.15) is 22.8 Å². The van der Waals surface area contributed by atoms with Crippen LogP contribution in [0.3, 0.4) is 0 Å². The molecule has 0 aromatic heterocycles. The number of nitrogens with zero attached hydrogens (tertiary/aromatic N) is 2. The molecule has 0 bridgehead atoms. The highest BCUT2D eigenvalue weighted by atomic mass is 35.5. The lowest BCUT2D eigenvalue weighted by atomic mass is 10.1. The van der Waals surface area contributed by atoms with Crippen LogP contribution in [0.2, 0.25) is 0 Å². The van der Waals surface area contributed by atoms with Gasteiger partial charge < -0.3 is 10.6 Å². The second-order valence-electron chi connectivity index (χ2n) is 4.26. The number of hydrogen-bond donors (Lipinski definition) is 1. The zero-order valence-corrected chi connectivity index (χ0v) is 11.9. The predicted octanol–water partition coefficient (Wildman–Crippen LogP) is 1.74. The van der Waals surface area contributed by atoms with Crippen molar-refractivity contribution in [2.45, 2.75) is 19.9 Å². The summed E-state index contributed by atoms with van der Waals surface area (Å²) in [5.74, 6) is -0.255. The molecule has 0 aliphatic rings. The minimum absolute atomic E-state index is 0. The summed E-state index contributed by atoms with van der Waals surface area (Å²) in [6.45, 7) is 3.92. The molecule has 0 heterocycles. The standard InChI is InChI=1S/C12H17N3O3.ClH/c1-8-4-5-10(15(17)18)6-11(8)12(16)14(3)9(2)7-13;/h4-6,9H,7,13H2,1-3H3;1H. The van der Waals surface area contributed by atoms with Crippen molar-refractivity contribution in [3.05, 3.63) is 39.4 Å². The molecule has 0 aliphatic carbocycles. The Morgan fingerprint density at radius 3 is 2.58 bits per heavy atom. The van der Waals surface area contributed by atoms with Crippen molar-refractivity contribution in [2.75, 3.05) is 13.6 Å². The van der Waals surface area contributed by atoms with E-state index in [-0.39, 0.29) is 30.0 Å². The lowest BCUT2D eigenvalue weighted by molar-refractivity contribution is -0.384. The predicted molar refractivity (Wildman–Crippen MR) is 75.7 cm³/mol. The average Bonchev–Trinajstić information content (AvgIpc) is 2.36. The van der Waals surface area contributed by atoms with Crippen LogP contribution >= 0.6 is 12.4 Å². The smallest absolute Gasteiger partial charge is 0.270 e. The molecule has 7 heteroatoms. The second kappa shape index (κ2) is 7.06. The fourth-order valence-corrected chi connectivity index (χ4v) is 1.50. The molecule has 1 atom stereocenters. The van der Waals surface area contributed by atoms with Crippen LogP contribution in [0.25, 0.3) is 0 Å². The Balaban J connectivity index is 0.00000324. The lowest BCUT2D eigenvalue weighted by Crippen LogP contribution is -2.40. The first-order valence-corrected chi connectivity index (χ1v) is 5.60. The third-order valence-electron chi connectivity index (χ3n) is 2.98. The first kappa shape index (κ1) is 17.3. The van der Waals surface area contributed by atoms with E-state index in [9.17, 15) is 14.9 Å². The largest absolute Gasteiger partial charge is 0.338 e. The molecule has 1 aromatic carbocycles. The Labute approximate surface area is 118 Å². The number of amides is 1. The van der Waals surface area contributed by atoms with Crippen LogP contribution in [0.4, 0.5) is 5.69 Å². The lowest BCUT2D eigenvalue weighted by Gasteiger charge is -2.24. The molecule has 0 aliphatic heterocycles. The van der Waals surface area contributed by atoms with Crippen LogP contribution in [-0.4, -0.2) is 35.4 Å². The Hall–Kier alpha value is -1.66. The molecule has 1 rings (SSSR count). The van der Waals surface area contributed by atoms with Crippen LogP contribution in [0, 0.1) is 17.0 Å². The SMILES string of the molecule is Cc1ccc([N+](=O)[O-])cc1C(=O)N(C)C(C)CN.Cl. The topological polar surface area (TPSA) is 89.5 Å². The number of likely N-dealkylation sites (N-methyl/N-ethyl adjacent to an activating group) is 1. The summed E-state index contributed by atoms with van der Waals surface area (Å²) in [7, 11) is 1.64. The summed E-state index contributed by atoms with van der Waals surface area (Å²) in [5.41, 5.74) is 6.47. The number of carbonyl (C=O) groups excluding carboxylic acids is 1. The fraction of sp³-hybridized carbons (Fsp3) is 0.417. The molecule has 106 valence electrons. The minimum atomic E-state index is -0.511. The maximum Gasteiger partial charge on any atom is 0.270 e. The summed E-state index contributed by atoms with van der Waals surface area (Å²) in [4.78, 5) is 23.9. The molecule has 1 unspecified atom stereocenters. The molecular formula is C12H18ClN3O3. The van der Waals surface area contributed by atoms with Crippen molar-refractivity contribution in [2.24, 2.45) is 5.73 Å². The van der Waals surface area contributed by atoms with E-state index in [1.54, 1.807) is 20.0 Å². The number of rotatable bonds is 4. The quantitative estimate of drug-likeness (QED) is 0.675. The molecule has 19 heavy (non-hydrogen) atoms. The van der Waals surface area contributed by atoms with Crippen molar-refractivity contribution in [1.82, 2.24) is 4.90 Å². The number of aryl methyl sites for hydroxylation is 1. The van der Waals surface area contributed by atoms with E-state index < -0.39 is 4.92 Å². The Morgan fingerprint density at radius 2 is 2.11 bits per heavy atom. The molecule has 0 saturated heterocycles. The van der Waals surface area contributed by atoms with Gasteiger partial charge in [-0.15, -0.1) is 12.4 Å². The molecule has 0 saturated carbocycles. The maximum atomic E-state index is 12.2. The highest BCUT2D eigenvalue weighted by Gasteiger charge is 2.20. The van der Waals surface area contributed by atoms with E-state index in [2.05, 4.69) is 0 Å². The molecule has 1 amide bonds. The van der Waals surface area contributed by atoms with Crippen molar-refractivity contribution in [3.63, 3.8) is 0 Å². The number of hydrogen-bond acceptors (Lipinski definition) is 4. The highest BCUT2D eigenvalue weighted by molar-refractivity contribution is 5.96. The molecular weight excluding hydrogens is 270 g/mol. The van der Waals surface area contributed by atoms with Gasteiger partial charge in [-0.25, -0.2) is 0 Å². The summed E-state index contributed by atoms with van der Waals surface area (Å²) in [6, 6.07) is 4.15. The van der Waals surface area contributed by atoms with Gasteiger partial charge in [0.05, 0.1) is 4.92 Å². The van der Waals surface area contributed by atoms with Crippen LogP contribution in [-0.2, 0) is 0 Å². The van der Waals surface area contributed by atoms with Gasteiger partial charge in [-0.05, 0) is 19.4 Å². The van der Waals surface area contributed by atoms with E-state index in [1.165, 1.54) is 17.0 Å². The number of non-ortho nitro benzene ring substituents is 1. The molecule has 0 radical (unpaired) electrons. The van der Waals surface area contributed by atoms with Crippen molar-refractivity contribution in [1.29, 1.82) is 0 Å².